The van der Waals surface area contributed by atoms with Crippen LogP contribution in [-0.4, -0.2) is 48.0 Å². The normalized spacial score (nSPS) is 23.0. The molecule has 1 atom stereocenters. The van der Waals surface area contributed by atoms with E-state index in [9.17, 15) is 0 Å². The van der Waals surface area contributed by atoms with Gasteiger partial charge in [0, 0.05) is 55.8 Å². The quantitative estimate of drug-likeness (QED) is 0.820. The SMILES string of the molecule is CC1CN(c2cc(-c3cccc(Cl)c3)ncn2)CC2(CCOCC2)O1. The fraction of sp³-hybridized carbons (Fsp3) is 0.474. The summed E-state index contributed by atoms with van der Waals surface area (Å²) in [5.74, 6) is 0.936. The van der Waals surface area contributed by atoms with E-state index in [1.54, 1.807) is 6.33 Å². The van der Waals surface area contributed by atoms with Crippen molar-refractivity contribution in [2.24, 2.45) is 0 Å². The lowest BCUT2D eigenvalue weighted by molar-refractivity contribution is -0.145. The van der Waals surface area contributed by atoms with Crippen LogP contribution in [0.2, 0.25) is 5.02 Å². The molecule has 2 aromatic rings. The summed E-state index contributed by atoms with van der Waals surface area (Å²) < 4.78 is 11.8. The van der Waals surface area contributed by atoms with Crippen LogP contribution in [0.1, 0.15) is 19.8 Å². The molecule has 0 saturated carbocycles. The highest BCUT2D eigenvalue weighted by molar-refractivity contribution is 6.30. The summed E-state index contributed by atoms with van der Waals surface area (Å²) in [6, 6.07) is 9.78. The van der Waals surface area contributed by atoms with Crippen LogP contribution in [0, 0.1) is 0 Å². The Morgan fingerprint density at radius 3 is 2.84 bits per heavy atom. The average molecular weight is 360 g/mol. The van der Waals surface area contributed by atoms with Gasteiger partial charge in [0.15, 0.2) is 0 Å². The fourth-order valence-corrected chi connectivity index (χ4v) is 3.93. The van der Waals surface area contributed by atoms with Crippen LogP contribution in [0.5, 0.6) is 0 Å². The number of hydrogen-bond donors (Lipinski definition) is 0. The lowest BCUT2D eigenvalue weighted by Gasteiger charge is -2.47. The first-order chi connectivity index (χ1) is 12.1. The van der Waals surface area contributed by atoms with Crippen molar-refractivity contribution in [2.75, 3.05) is 31.2 Å². The van der Waals surface area contributed by atoms with E-state index in [1.807, 2.05) is 30.3 Å². The smallest absolute Gasteiger partial charge is 0.132 e. The summed E-state index contributed by atoms with van der Waals surface area (Å²) in [5.41, 5.74) is 1.75. The van der Waals surface area contributed by atoms with Crippen LogP contribution >= 0.6 is 11.6 Å². The first-order valence-electron chi connectivity index (χ1n) is 8.72. The van der Waals surface area contributed by atoms with Crippen LogP contribution in [-0.2, 0) is 9.47 Å². The van der Waals surface area contributed by atoms with Crippen molar-refractivity contribution in [3.63, 3.8) is 0 Å². The first kappa shape index (κ1) is 16.8. The van der Waals surface area contributed by atoms with Crippen molar-refractivity contribution in [2.45, 2.75) is 31.5 Å². The number of benzene rings is 1. The highest BCUT2D eigenvalue weighted by Gasteiger charge is 2.41. The summed E-state index contributed by atoms with van der Waals surface area (Å²) in [5, 5.41) is 0.707. The molecule has 1 aromatic carbocycles. The van der Waals surface area contributed by atoms with Gasteiger partial charge in [-0.3, -0.25) is 0 Å². The van der Waals surface area contributed by atoms with E-state index in [-0.39, 0.29) is 11.7 Å². The second-order valence-corrected chi connectivity index (χ2v) is 7.31. The number of morpholine rings is 1. The number of ether oxygens (including phenoxy) is 2. The van der Waals surface area contributed by atoms with Crippen molar-refractivity contribution in [1.29, 1.82) is 0 Å². The van der Waals surface area contributed by atoms with E-state index in [1.165, 1.54) is 0 Å². The van der Waals surface area contributed by atoms with Crippen LogP contribution in [0.4, 0.5) is 5.82 Å². The van der Waals surface area contributed by atoms with Crippen molar-refractivity contribution in [3.8, 4) is 11.3 Å². The van der Waals surface area contributed by atoms with Crippen molar-refractivity contribution in [1.82, 2.24) is 9.97 Å². The van der Waals surface area contributed by atoms with Gasteiger partial charge < -0.3 is 14.4 Å². The van der Waals surface area contributed by atoms with Gasteiger partial charge in [-0.05, 0) is 19.1 Å². The Labute approximate surface area is 152 Å². The molecular formula is C19H22ClN3O2. The second-order valence-electron chi connectivity index (χ2n) is 6.88. The van der Waals surface area contributed by atoms with E-state index in [0.29, 0.717) is 5.02 Å². The van der Waals surface area contributed by atoms with E-state index >= 15 is 0 Å². The third-order valence-corrected chi connectivity index (χ3v) is 5.14. The van der Waals surface area contributed by atoms with Gasteiger partial charge in [-0.2, -0.15) is 0 Å². The van der Waals surface area contributed by atoms with Crippen LogP contribution in [0.3, 0.4) is 0 Å². The van der Waals surface area contributed by atoms with Crippen molar-refractivity contribution < 1.29 is 9.47 Å². The molecule has 2 saturated heterocycles. The van der Waals surface area contributed by atoms with Gasteiger partial charge in [-0.15, -0.1) is 0 Å². The number of halogens is 1. The van der Waals surface area contributed by atoms with E-state index in [0.717, 1.165) is 56.2 Å². The molecule has 0 aliphatic carbocycles. The molecule has 2 fully saturated rings. The molecule has 6 heteroatoms. The maximum absolute atomic E-state index is 6.31. The Morgan fingerprint density at radius 2 is 2.04 bits per heavy atom. The molecule has 132 valence electrons. The number of rotatable bonds is 2. The molecule has 1 aromatic heterocycles. The molecule has 3 heterocycles. The molecule has 0 N–H and O–H groups in total. The molecule has 0 bridgehead atoms. The summed E-state index contributed by atoms with van der Waals surface area (Å²) in [4.78, 5) is 11.3. The summed E-state index contributed by atoms with van der Waals surface area (Å²) >= 11 is 6.12. The van der Waals surface area contributed by atoms with Crippen molar-refractivity contribution in [3.05, 3.63) is 41.7 Å². The molecule has 4 rings (SSSR count). The van der Waals surface area contributed by atoms with E-state index in [4.69, 9.17) is 21.1 Å². The standard InChI is InChI=1S/C19H22ClN3O2/c1-14-11-23(12-19(25-14)5-7-24-8-6-19)18-10-17(21-13-22-18)15-3-2-4-16(20)9-15/h2-4,9-10,13-14H,5-8,11-12H2,1H3. The monoisotopic (exact) mass is 359 g/mol. The van der Waals surface area contributed by atoms with Gasteiger partial charge >= 0.3 is 0 Å². The molecule has 2 aliphatic heterocycles. The molecule has 0 amide bonds. The first-order valence-corrected chi connectivity index (χ1v) is 9.10. The minimum Gasteiger partial charge on any atom is -0.381 e. The number of hydrogen-bond acceptors (Lipinski definition) is 5. The molecular weight excluding hydrogens is 338 g/mol. The second kappa shape index (κ2) is 6.90. The Balaban J connectivity index is 1.61. The minimum atomic E-state index is -0.128. The average Bonchev–Trinajstić information content (AvgIpc) is 2.62. The number of anilines is 1. The lowest BCUT2D eigenvalue weighted by atomic mass is 9.91. The van der Waals surface area contributed by atoms with E-state index < -0.39 is 0 Å². The number of aromatic nitrogens is 2. The van der Waals surface area contributed by atoms with Gasteiger partial charge in [0.2, 0.25) is 0 Å². The zero-order valence-electron chi connectivity index (χ0n) is 14.3. The summed E-state index contributed by atoms with van der Waals surface area (Å²) in [7, 11) is 0. The van der Waals surface area contributed by atoms with Crippen LogP contribution < -0.4 is 4.90 Å². The maximum Gasteiger partial charge on any atom is 0.132 e. The Morgan fingerprint density at radius 1 is 1.20 bits per heavy atom. The molecule has 1 unspecified atom stereocenters. The molecule has 1 spiro atoms. The zero-order valence-corrected chi connectivity index (χ0v) is 15.1. The maximum atomic E-state index is 6.31. The van der Waals surface area contributed by atoms with E-state index in [2.05, 4.69) is 21.8 Å². The third kappa shape index (κ3) is 3.64. The van der Waals surface area contributed by atoms with Gasteiger partial charge in [-0.1, -0.05) is 23.7 Å². The van der Waals surface area contributed by atoms with Gasteiger partial charge in [0.05, 0.1) is 17.4 Å². The Kier molecular flexibility index (Phi) is 4.63. The fourth-order valence-electron chi connectivity index (χ4n) is 3.74. The lowest BCUT2D eigenvalue weighted by Crippen LogP contribution is -2.57. The van der Waals surface area contributed by atoms with Gasteiger partial charge in [0.1, 0.15) is 12.1 Å². The predicted molar refractivity (Wildman–Crippen MR) is 98.0 cm³/mol. The summed E-state index contributed by atoms with van der Waals surface area (Å²) in [6.07, 6.45) is 3.65. The molecule has 5 nitrogen and oxygen atoms in total. The number of nitrogens with zero attached hydrogens (tertiary/aromatic N) is 3. The zero-order chi connectivity index (χ0) is 17.3. The van der Waals surface area contributed by atoms with Crippen molar-refractivity contribution >= 4 is 17.4 Å². The highest BCUT2D eigenvalue weighted by Crippen LogP contribution is 2.33. The summed E-state index contributed by atoms with van der Waals surface area (Å²) in [6.45, 7) is 5.32. The Bertz CT molecular complexity index is 749. The van der Waals surface area contributed by atoms with Gasteiger partial charge in [-0.25, -0.2) is 9.97 Å². The highest BCUT2D eigenvalue weighted by atomic mass is 35.5. The predicted octanol–water partition coefficient (Wildman–Crippen LogP) is 3.57. The topological polar surface area (TPSA) is 47.5 Å². The third-order valence-electron chi connectivity index (χ3n) is 4.91. The molecule has 25 heavy (non-hydrogen) atoms. The molecule has 0 radical (unpaired) electrons. The van der Waals surface area contributed by atoms with Crippen LogP contribution in [0.15, 0.2) is 36.7 Å². The molecule has 2 aliphatic rings. The van der Waals surface area contributed by atoms with Crippen LogP contribution in [0.25, 0.3) is 11.3 Å². The van der Waals surface area contributed by atoms with Gasteiger partial charge in [0.25, 0.3) is 0 Å². The minimum absolute atomic E-state index is 0.128. The largest absolute Gasteiger partial charge is 0.381 e. The Hall–Kier alpha value is -1.69.